The standard InChI is InChI=1S/C51H32N4S/c1-3-14-33(15-4-1)34-28-30-36(31-29-34)50-52-49(35-16-5-2-6-17-35)53-51(54-50)55-45-26-9-7-20-41(45)43-24-12-22-39(47(43)55)37-18-11-19-38(32-37)40-23-13-25-44-42-21-8-10-27-46(42)56-48(40)44/h1-32H. The molecule has 262 valence electrons. The quantitative estimate of drug-likeness (QED) is 0.171. The summed E-state index contributed by atoms with van der Waals surface area (Å²) in [4.78, 5) is 15.6. The number of nitrogens with zero attached hydrogens (tertiary/aromatic N) is 4. The number of fused-ring (bicyclic) bond motifs is 6. The van der Waals surface area contributed by atoms with Gasteiger partial charge in [-0.1, -0.05) is 176 Å². The van der Waals surface area contributed by atoms with Crippen molar-refractivity contribution in [3.63, 3.8) is 0 Å². The Bertz CT molecular complexity index is 3240. The van der Waals surface area contributed by atoms with E-state index in [1.807, 2.05) is 35.6 Å². The van der Waals surface area contributed by atoms with Crippen molar-refractivity contribution in [3.8, 4) is 62.1 Å². The summed E-state index contributed by atoms with van der Waals surface area (Å²) in [5.41, 5.74) is 10.9. The molecule has 0 aliphatic rings. The number of hydrogen-bond donors (Lipinski definition) is 0. The van der Waals surface area contributed by atoms with Crippen LogP contribution in [0.2, 0.25) is 0 Å². The average molecular weight is 733 g/mol. The van der Waals surface area contributed by atoms with E-state index in [2.05, 4.69) is 174 Å². The molecule has 0 aliphatic carbocycles. The smallest absolute Gasteiger partial charge is 0.238 e. The van der Waals surface area contributed by atoms with Gasteiger partial charge in [-0.3, -0.25) is 4.57 Å². The van der Waals surface area contributed by atoms with Crippen LogP contribution in [0, 0.1) is 0 Å². The van der Waals surface area contributed by atoms with E-state index in [0.29, 0.717) is 17.6 Å². The summed E-state index contributed by atoms with van der Waals surface area (Å²) in [5.74, 6) is 1.82. The molecular weight excluding hydrogens is 701 g/mol. The van der Waals surface area contributed by atoms with Gasteiger partial charge >= 0.3 is 0 Å². The van der Waals surface area contributed by atoms with Gasteiger partial charge in [0.15, 0.2) is 11.6 Å². The Hall–Kier alpha value is -7.21. The molecule has 0 bridgehead atoms. The zero-order chi connectivity index (χ0) is 37.0. The molecule has 0 radical (unpaired) electrons. The average Bonchev–Trinajstić information content (AvgIpc) is 3.83. The number of benzene rings is 8. The monoisotopic (exact) mass is 732 g/mol. The van der Waals surface area contributed by atoms with Crippen molar-refractivity contribution >= 4 is 53.3 Å². The largest absolute Gasteiger partial charge is 0.277 e. The van der Waals surface area contributed by atoms with Crippen molar-refractivity contribution in [3.05, 3.63) is 194 Å². The van der Waals surface area contributed by atoms with Gasteiger partial charge in [0.25, 0.3) is 0 Å². The van der Waals surface area contributed by atoms with E-state index in [1.54, 1.807) is 0 Å². The fourth-order valence-corrected chi connectivity index (χ4v) is 9.28. The molecule has 0 saturated carbocycles. The maximum Gasteiger partial charge on any atom is 0.238 e. The molecule has 8 aromatic carbocycles. The summed E-state index contributed by atoms with van der Waals surface area (Å²) in [6, 6.07) is 68.6. The fraction of sp³-hybridized carbons (Fsp3) is 0. The van der Waals surface area contributed by atoms with Gasteiger partial charge < -0.3 is 0 Å². The maximum atomic E-state index is 5.27. The first-order chi connectivity index (χ1) is 27.8. The predicted molar refractivity (Wildman–Crippen MR) is 234 cm³/mol. The molecule has 3 aromatic heterocycles. The molecule has 0 amide bonds. The normalized spacial score (nSPS) is 11.6. The zero-order valence-corrected chi connectivity index (χ0v) is 31.0. The van der Waals surface area contributed by atoms with Gasteiger partial charge in [0.2, 0.25) is 5.95 Å². The maximum absolute atomic E-state index is 5.27. The number of para-hydroxylation sites is 2. The topological polar surface area (TPSA) is 43.6 Å². The Morgan fingerprint density at radius 1 is 0.357 bits per heavy atom. The Labute approximate surface area is 327 Å². The minimum Gasteiger partial charge on any atom is -0.277 e. The van der Waals surface area contributed by atoms with Crippen LogP contribution in [0.25, 0.3) is 104 Å². The van der Waals surface area contributed by atoms with Crippen LogP contribution in [0.15, 0.2) is 194 Å². The lowest BCUT2D eigenvalue weighted by atomic mass is 9.96. The second kappa shape index (κ2) is 13.3. The molecule has 0 spiro atoms. The SMILES string of the molecule is c1ccc(-c2ccc(-c3nc(-c4ccccc4)nc(-n4c5ccccc5c5cccc(-c6cccc(-c7cccc8c7sc7ccccc78)c6)c54)n3)cc2)cc1. The van der Waals surface area contributed by atoms with Gasteiger partial charge in [-0.25, -0.2) is 4.98 Å². The van der Waals surface area contributed by atoms with Crippen LogP contribution in [-0.2, 0) is 0 Å². The van der Waals surface area contributed by atoms with Crippen LogP contribution in [0.3, 0.4) is 0 Å². The molecule has 11 rings (SSSR count). The van der Waals surface area contributed by atoms with Crippen LogP contribution >= 0.6 is 11.3 Å². The summed E-state index contributed by atoms with van der Waals surface area (Å²) in [5, 5.41) is 4.89. The first kappa shape index (κ1) is 32.2. The molecule has 11 aromatic rings. The third-order valence-electron chi connectivity index (χ3n) is 10.7. The summed E-state index contributed by atoms with van der Waals surface area (Å²) >= 11 is 1.86. The Balaban J connectivity index is 1.12. The molecule has 0 N–H and O–H groups in total. The lowest BCUT2D eigenvalue weighted by Gasteiger charge is -2.14. The van der Waals surface area contributed by atoms with Crippen LogP contribution < -0.4 is 0 Å². The van der Waals surface area contributed by atoms with Gasteiger partial charge in [0, 0.05) is 47.6 Å². The van der Waals surface area contributed by atoms with E-state index < -0.39 is 0 Å². The molecule has 0 atom stereocenters. The molecule has 0 unspecified atom stereocenters. The van der Waals surface area contributed by atoms with E-state index in [-0.39, 0.29) is 0 Å². The van der Waals surface area contributed by atoms with E-state index in [1.165, 1.54) is 36.9 Å². The highest BCUT2D eigenvalue weighted by Crippen LogP contribution is 2.42. The highest BCUT2D eigenvalue weighted by molar-refractivity contribution is 7.26. The van der Waals surface area contributed by atoms with Crippen molar-refractivity contribution in [2.75, 3.05) is 0 Å². The zero-order valence-electron chi connectivity index (χ0n) is 30.2. The number of thiophene rings is 1. The minimum atomic E-state index is 0.575. The van der Waals surface area contributed by atoms with Crippen LogP contribution in [0.4, 0.5) is 0 Å². The molecule has 0 fully saturated rings. The Kier molecular flexibility index (Phi) is 7.64. The number of hydrogen-bond acceptors (Lipinski definition) is 4. The first-order valence-electron chi connectivity index (χ1n) is 18.8. The lowest BCUT2D eigenvalue weighted by Crippen LogP contribution is -2.07. The molecule has 0 aliphatic heterocycles. The lowest BCUT2D eigenvalue weighted by molar-refractivity contribution is 0.954. The van der Waals surface area contributed by atoms with Gasteiger partial charge in [-0.2, -0.15) is 9.97 Å². The van der Waals surface area contributed by atoms with Crippen LogP contribution in [0.1, 0.15) is 0 Å². The van der Waals surface area contributed by atoms with Crippen molar-refractivity contribution in [2.24, 2.45) is 0 Å². The number of aromatic nitrogens is 4. The van der Waals surface area contributed by atoms with Gasteiger partial charge in [-0.15, -0.1) is 11.3 Å². The van der Waals surface area contributed by atoms with Crippen molar-refractivity contribution < 1.29 is 0 Å². The van der Waals surface area contributed by atoms with Crippen LogP contribution in [-0.4, -0.2) is 19.5 Å². The van der Waals surface area contributed by atoms with Crippen molar-refractivity contribution in [1.29, 1.82) is 0 Å². The molecular formula is C51H32N4S. The molecule has 4 nitrogen and oxygen atoms in total. The van der Waals surface area contributed by atoms with E-state index >= 15 is 0 Å². The van der Waals surface area contributed by atoms with Gasteiger partial charge in [0.05, 0.1) is 11.0 Å². The highest BCUT2D eigenvalue weighted by atomic mass is 32.1. The van der Waals surface area contributed by atoms with E-state index in [0.717, 1.165) is 49.6 Å². The van der Waals surface area contributed by atoms with Gasteiger partial charge in [0.1, 0.15) is 0 Å². The summed E-state index contributed by atoms with van der Waals surface area (Å²) < 4.78 is 4.84. The van der Waals surface area contributed by atoms with Gasteiger partial charge in [-0.05, 0) is 46.0 Å². The van der Waals surface area contributed by atoms with Crippen LogP contribution in [0.5, 0.6) is 0 Å². The molecule has 3 heterocycles. The summed E-state index contributed by atoms with van der Waals surface area (Å²) in [6.45, 7) is 0. The molecule has 0 saturated heterocycles. The van der Waals surface area contributed by atoms with Crippen molar-refractivity contribution in [2.45, 2.75) is 0 Å². The van der Waals surface area contributed by atoms with E-state index in [9.17, 15) is 0 Å². The summed E-state index contributed by atoms with van der Waals surface area (Å²) in [6.07, 6.45) is 0. The molecule has 56 heavy (non-hydrogen) atoms. The van der Waals surface area contributed by atoms with E-state index in [4.69, 9.17) is 15.0 Å². The summed E-state index contributed by atoms with van der Waals surface area (Å²) in [7, 11) is 0. The second-order valence-electron chi connectivity index (χ2n) is 14.0. The second-order valence-corrected chi connectivity index (χ2v) is 15.1. The fourth-order valence-electron chi connectivity index (χ4n) is 8.04. The Morgan fingerprint density at radius 2 is 0.875 bits per heavy atom. The van der Waals surface area contributed by atoms with Crippen molar-refractivity contribution in [1.82, 2.24) is 19.5 Å². The molecule has 5 heteroatoms. The first-order valence-corrected chi connectivity index (χ1v) is 19.6. The third-order valence-corrected chi connectivity index (χ3v) is 11.9. The Morgan fingerprint density at radius 3 is 1.64 bits per heavy atom. The highest BCUT2D eigenvalue weighted by Gasteiger charge is 2.21. The third kappa shape index (κ3) is 5.40. The number of rotatable bonds is 6. The predicted octanol–water partition coefficient (Wildman–Crippen LogP) is 13.7. The minimum absolute atomic E-state index is 0.575.